The fourth-order valence-corrected chi connectivity index (χ4v) is 4.73. The summed E-state index contributed by atoms with van der Waals surface area (Å²) in [5.41, 5.74) is 2.59. The van der Waals surface area contributed by atoms with Gasteiger partial charge in [0, 0.05) is 46.5 Å². The number of amides is 1. The van der Waals surface area contributed by atoms with Crippen LogP contribution >= 0.6 is 0 Å². The van der Waals surface area contributed by atoms with Crippen molar-refractivity contribution >= 4 is 11.6 Å². The number of carbonyl (C=O) groups excluding carboxylic acids is 1. The fourth-order valence-electron chi connectivity index (χ4n) is 4.73. The number of benzene rings is 2. The van der Waals surface area contributed by atoms with Crippen molar-refractivity contribution in [3.63, 3.8) is 0 Å². The Labute approximate surface area is 191 Å². The van der Waals surface area contributed by atoms with Gasteiger partial charge in [-0.3, -0.25) is 14.7 Å². The number of piperazine rings is 1. The van der Waals surface area contributed by atoms with E-state index < -0.39 is 5.41 Å². The topological polar surface area (TPSA) is 39.7 Å². The predicted molar refractivity (Wildman–Crippen MR) is 130 cm³/mol. The number of hydrogen-bond donors (Lipinski definition) is 0. The lowest BCUT2D eigenvalue weighted by Gasteiger charge is -2.40. The number of pyridine rings is 1. The minimum Gasteiger partial charge on any atom is -0.368 e. The van der Waals surface area contributed by atoms with E-state index in [0.29, 0.717) is 0 Å². The van der Waals surface area contributed by atoms with Crippen molar-refractivity contribution < 1.29 is 4.79 Å². The molecule has 0 saturated carbocycles. The van der Waals surface area contributed by atoms with E-state index >= 15 is 0 Å². The van der Waals surface area contributed by atoms with E-state index in [9.17, 15) is 4.79 Å². The largest absolute Gasteiger partial charge is 0.368 e. The number of likely N-dealkylation sites (N-methyl/N-ethyl adjacent to an activating group) is 1. The molecule has 3 aromatic rings. The molecule has 1 fully saturated rings. The number of rotatable bonds is 7. The van der Waals surface area contributed by atoms with Crippen LogP contribution in [0, 0.1) is 0 Å². The summed E-state index contributed by atoms with van der Waals surface area (Å²) in [7, 11) is 3.71. The van der Waals surface area contributed by atoms with E-state index in [-0.39, 0.29) is 5.91 Å². The van der Waals surface area contributed by atoms with Gasteiger partial charge in [-0.1, -0.05) is 60.7 Å². The molecule has 2 heterocycles. The van der Waals surface area contributed by atoms with Gasteiger partial charge in [0.05, 0.1) is 11.9 Å². The van der Waals surface area contributed by atoms with E-state index in [0.717, 1.165) is 50.3 Å². The number of nitrogens with zero attached hydrogens (tertiary/aromatic N) is 4. The minimum absolute atomic E-state index is 0.129. The van der Waals surface area contributed by atoms with Gasteiger partial charge in [-0.2, -0.15) is 0 Å². The van der Waals surface area contributed by atoms with E-state index in [1.807, 2.05) is 69.0 Å². The Morgan fingerprint density at radius 3 is 1.97 bits per heavy atom. The highest BCUT2D eigenvalue weighted by molar-refractivity contribution is 5.91. The number of anilines is 1. The third-order valence-corrected chi connectivity index (χ3v) is 6.49. The average Bonchev–Trinajstić information content (AvgIpc) is 2.86. The van der Waals surface area contributed by atoms with Gasteiger partial charge < -0.3 is 9.80 Å². The van der Waals surface area contributed by atoms with Crippen LogP contribution in [0.1, 0.15) is 17.5 Å². The van der Waals surface area contributed by atoms with Gasteiger partial charge in [-0.15, -0.1) is 0 Å². The lowest BCUT2D eigenvalue weighted by Crippen LogP contribution is -2.50. The zero-order chi connectivity index (χ0) is 22.4. The van der Waals surface area contributed by atoms with Crippen molar-refractivity contribution in [2.75, 3.05) is 51.7 Å². The first-order chi connectivity index (χ1) is 15.6. The Bertz CT molecular complexity index is 944. The Kier molecular flexibility index (Phi) is 6.86. The summed E-state index contributed by atoms with van der Waals surface area (Å²) < 4.78 is 0. The smallest absolute Gasteiger partial charge is 0.237 e. The maximum absolute atomic E-state index is 13.8. The highest BCUT2D eigenvalue weighted by atomic mass is 16.2. The van der Waals surface area contributed by atoms with Crippen LogP contribution in [0.15, 0.2) is 85.2 Å². The minimum atomic E-state index is -0.702. The second kappa shape index (κ2) is 9.96. The SMILES string of the molecule is CN(C)C(=O)C(CCN1CCN(c2cccnc2)CC1)(c1ccccc1)c1ccccc1. The number of aromatic nitrogens is 1. The maximum atomic E-state index is 13.8. The molecule has 166 valence electrons. The molecule has 1 aliphatic rings. The van der Waals surface area contributed by atoms with Gasteiger partial charge in [0.25, 0.3) is 0 Å². The molecular weight excluding hydrogens is 396 g/mol. The average molecular weight is 429 g/mol. The summed E-state index contributed by atoms with van der Waals surface area (Å²) in [6.07, 6.45) is 4.49. The summed E-state index contributed by atoms with van der Waals surface area (Å²) in [4.78, 5) is 24.6. The van der Waals surface area contributed by atoms with E-state index in [4.69, 9.17) is 0 Å². The molecule has 1 aromatic heterocycles. The molecule has 0 atom stereocenters. The van der Waals surface area contributed by atoms with Crippen LogP contribution in [-0.4, -0.2) is 67.5 Å². The van der Waals surface area contributed by atoms with Crippen molar-refractivity contribution in [2.24, 2.45) is 0 Å². The van der Waals surface area contributed by atoms with Crippen LogP contribution < -0.4 is 4.90 Å². The molecule has 5 nitrogen and oxygen atoms in total. The highest BCUT2D eigenvalue weighted by Gasteiger charge is 2.43. The van der Waals surface area contributed by atoms with Crippen molar-refractivity contribution in [3.8, 4) is 0 Å². The zero-order valence-electron chi connectivity index (χ0n) is 19.0. The Hall–Kier alpha value is -3.18. The molecule has 1 saturated heterocycles. The van der Waals surface area contributed by atoms with E-state index in [1.165, 1.54) is 5.69 Å². The molecular formula is C27H32N4O. The quantitative estimate of drug-likeness (QED) is 0.576. The monoisotopic (exact) mass is 428 g/mol. The highest BCUT2D eigenvalue weighted by Crippen LogP contribution is 2.37. The van der Waals surface area contributed by atoms with Crippen LogP contribution in [0.25, 0.3) is 0 Å². The molecule has 1 aliphatic heterocycles. The molecule has 0 aliphatic carbocycles. The van der Waals surface area contributed by atoms with Crippen molar-refractivity contribution in [1.82, 2.24) is 14.8 Å². The Morgan fingerprint density at radius 2 is 1.47 bits per heavy atom. The molecule has 0 bridgehead atoms. The first-order valence-corrected chi connectivity index (χ1v) is 11.3. The Morgan fingerprint density at radius 1 is 0.875 bits per heavy atom. The van der Waals surface area contributed by atoms with Crippen LogP contribution in [0.2, 0.25) is 0 Å². The van der Waals surface area contributed by atoms with Crippen molar-refractivity contribution in [1.29, 1.82) is 0 Å². The first kappa shape index (κ1) is 22.0. The molecule has 0 N–H and O–H groups in total. The molecule has 4 rings (SSSR count). The van der Waals surface area contributed by atoms with Gasteiger partial charge in [-0.05, 0) is 36.2 Å². The molecule has 5 heteroatoms. The predicted octanol–water partition coefficient (Wildman–Crippen LogP) is 3.67. The van der Waals surface area contributed by atoms with Gasteiger partial charge in [0.1, 0.15) is 5.41 Å². The lowest BCUT2D eigenvalue weighted by atomic mass is 9.70. The van der Waals surface area contributed by atoms with Gasteiger partial charge >= 0.3 is 0 Å². The Balaban J connectivity index is 1.57. The van der Waals surface area contributed by atoms with Gasteiger partial charge in [-0.25, -0.2) is 0 Å². The normalized spacial score (nSPS) is 14.9. The van der Waals surface area contributed by atoms with Gasteiger partial charge in [0.15, 0.2) is 0 Å². The van der Waals surface area contributed by atoms with Crippen molar-refractivity contribution in [2.45, 2.75) is 11.8 Å². The van der Waals surface area contributed by atoms with Crippen LogP contribution in [0.3, 0.4) is 0 Å². The third kappa shape index (κ3) is 4.53. The summed E-state index contributed by atoms with van der Waals surface area (Å²) in [5.74, 6) is 0.129. The van der Waals surface area contributed by atoms with Crippen LogP contribution in [0.5, 0.6) is 0 Å². The maximum Gasteiger partial charge on any atom is 0.237 e. The van der Waals surface area contributed by atoms with Crippen LogP contribution in [-0.2, 0) is 10.2 Å². The number of hydrogen-bond acceptors (Lipinski definition) is 4. The summed E-state index contributed by atoms with van der Waals surface area (Å²) >= 11 is 0. The second-order valence-corrected chi connectivity index (χ2v) is 8.63. The molecule has 32 heavy (non-hydrogen) atoms. The molecule has 0 unspecified atom stereocenters. The zero-order valence-corrected chi connectivity index (χ0v) is 19.0. The summed E-state index contributed by atoms with van der Waals surface area (Å²) in [6.45, 7) is 4.76. The summed E-state index contributed by atoms with van der Waals surface area (Å²) in [6, 6.07) is 24.6. The van der Waals surface area contributed by atoms with Crippen molar-refractivity contribution in [3.05, 3.63) is 96.3 Å². The lowest BCUT2D eigenvalue weighted by molar-refractivity contribution is -0.133. The van der Waals surface area contributed by atoms with E-state index in [2.05, 4.69) is 45.1 Å². The number of carbonyl (C=O) groups is 1. The molecule has 2 aromatic carbocycles. The first-order valence-electron chi connectivity index (χ1n) is 11.3. The molecule has 1 amide bonds. The summed E-state index contributed by atoms with van der Waals surface area (Å²) in [5, 5.41) is 0. The standard InChI is InChI=1S/C27H32N4O/c1-29(2)26(32)27(23-10-5-3-6-11-23,24-12-7-4-8-13-24)15-17-30-18-20-31(21-19-30)25-14-9-16-28-22-25/h3-14,16,22H,15,17-21H2,1-2H3. The molecule has 0 radical (unpaired) electrons. The third-order valence-electron chi connectivity index (χ3n) is 6.49. The van der Waals surface area contributed by atoms with Gasteiger partial charge in [0.2, 0.25) is 5.91 Å². The molecule has 0 spiro atoms. The van der Waals surface area contributed by atoms with E-state index in [1.54, 1.807) is 4.90 Å². The van der Waals surface area contributed by atoms with Crippen LogP contribution in [0.4, 0.5) is 5.69 Å². The fraction of sp³-hybridized carbons (Fsp3) is 0.333. The second-order valence-electron chi connectivity index (χ2n) is 8.63.